The zero-order valence-electron chi connectivity index (χ0n) is 13.8. The number of rotatable bonds is 8. The molecule has 0 bridgehead atoms. The van der Waals surface area contributed by atoms with E-state index in [-0.39, 0.29) is 13.2 Å². The average Bonchev–Trinajstić information content (AvgIpc) is 2.42. The minimum absolute atomic E-state index is 0.0242. The van der Waals surface area contributed by atoms with E-state index in [0.29, 0.717) is 12.5 Å². The number of hydrogen-bond donors (Lipinski definition) is 3. The van der Waals surface area contributed by atoms with Crippen molar-refractivity contribution in [1.29, 1.82) is 0 Å². The van der Waals surface area contributed by atoms with Crippen molar-refractivity contribution >= 4 is 0 Å². The van der Waals surface area contributed by atoms with Gasteiger partial charge >= 0.3 is 0 Å². The molecule has 1 aromatic rings. The lowest BCUT2D eigenvalue weighted by atomic mass is 9.98. The summed E-state index contributed by atoms with van der Waals surface area (Å²) in [7, 11) is 0. The molecule has 0 amide bonds. The number of aliphatic hydroxyl groups excluding tert-OH is 2. The van der Waals surface area contributed by atoms with Crippen molar-refractivity contribution < 1.29 is 14.9 Å². The molecule has 0 saturated carbocycles. The number of β-amino-alcohol motifs (C(OH)–C–C–N with tert-alkyl or cyclic N) is 1. The highest BCUT2D eigenvalue weighted by molar-refractivity contribution is 5.36. The molecule has 0 aliphatic rings. The fraction of sp³-hybridized carbons (Fsp3) is 0.647. The lowest BCUT2D eigenvalue weighted by Crippen LogP contribution is -2.47. The Hall–Kier alpha value is -1.10. The van der Waals surface area contributed by atoms with Crippen molar-refractivity contribution in [1.82, 2.24) is 5.32 Å². The second-order valence-corrected chi connectivity index (χ2v) is 6.56. The maximum Gasteiger partial charge on any atom is 0.119 e. The van der Waals surface area contributed by atoms with Gasteiger partial charge in [-0.1, -0.05) is 19.9 Å². The lowest BCUT2D eigenvalue weighted by molar-refractivity contribution is 0.0906. The molecule has 3 N–H and O–H groups in total. The third-order valence-electron chi connectivity index (χ3n) is 3.52. The molecule has 0 saturated heterocycles. The maximum absolute atomic E-state index is 9.91. The highest BCUT2D eigenvalue weighted by Gasteiger charge is 2.17. The summed E-state index contributed by atoms with van der Waals surface area (Å²) in [6.45, 7) is 10.8. The van der Waals surface area contributed by atoms with Gasteiger partial charge in [0.2, 0.25) is 0 Å². The number of ether oxygens (including phenoxy) is 1. The largest absolute Gasteiger partial charge is 0.491 e. The Morgan fingerprint density at radius 2 is 1.95 bits per heavy atom. The van der Waals surface area contributed by atoms with Crippen LogP contribution in [-0.2, 0) is 0 Å². The lowest BCUT2D eigenvalue weighted by Gasteiger charge is -2.25. The van der Waals surface area contributed by atoms with Crippen molar-refractivity contribution in [2.75, 3.05) is 19.8 Å². The first kappa shape index (κ1) is 18.0. The van der Waals surface area contributed by atoms with E-state index in [2.05, 4.69) is 32.2 Å². The van der Waals surface area contributed by atoms with Gasteiger partial charge in [-0.25, -0.2) is 0 Å². The first-order valence-corrected chi connectivity index (χ1v) is 7.52. The second kappa shape index (κ2) is 7.78. The topological polar surface area (TPSA) is 61.7 Å². The molecule has 0 heterocycles. The minimum atomic E-state index is -0.610. The Labute approximate surface area is 128 Å². The molecule has 120 valence electrons. The van der Waals surface area contributed by atoms with Crippen LogP contribution in [0.25, 0.3) is 0 Å². The molecule has 4 heteroatoms. The summed E-state index contributed by atoms with van der Waals surface area (Å²) in [5.74, 6) is 1.27. The minimum Gasteiger partial charge on any atom is -0.491 e. The zero-order chi connectivity index (χ0) is 16.0. The molecule has 1 atom stereocenters. The van der Waals surface area contributed by atoms with Crippen LogP contribution in [0.2, 0.25) is 0 Å². The predicted molar refractivity (Wildman–Crippen MR) is 85.9 cm³/mol. The van der Waals surface area contributed by atoms with E-state index in [1.807, 2.05) is 26.0 Å². The normalized spacial score (nSPS) is 13.5. The monoisotopic (exact) mass is 295 g/mol. The van der Waals surface area contributed by atoms with Gasteiger partial charge in [0.25, 0.3) is 0 Å². The predicted octanol–water partition coefficient (Wildman–Crippen LogP) is 2.22. The van der Waals surface area contributed by atoms with Gasteiger partial charge in [-0.3, -0.25) is 0 Å². The Morgan fingerprint density at radius 1 is 1.29 bits per heavy atom. The van der Waals surface area contributed by atoms with E-state index in [9.17, 15) is 5.11 Å². The zero-order valence-corrected chi connectivity index (χ0v) is 13.8. The average molecular weight is 295 g/mol. The van der Waals surface area contributed by atoms with Gasteiger partial charge in [0, 0.05) is 12.1 Å². The number of aliphatic hydroxyl groups is 2. The Kier molecular flexibility index (Phi) is 6.65. The summed E-state index contributed by atoms with van der Waals surface area (Å²) >= 11 is 0. The molecule has 1 aromatic carbocycles. The van der Waals surface area contributed by atoms with E-state index in [0.717, 1.165) is 5.75 Å². The molecule has 0 aliphatic carbocycles. The molecule has 0 aliphatic heterocycles. The van der Waals surface area contributed by atoms with Crippen LogP contribution in [-0.4, -0.2) is 41.6 Å². The number of nitrogens with one attached hydrogen (secondary N) is 1. The molecule has 0 aromatic heterocycles. The van der Waals surface area contributed by atoms with Gasteiger partial charge in [-0.2, -0.15) is 0 Å². The molecule has 0 radical (unpaired) electrons. The Balaban J connectivity index is 2.46. The summed E-state index contributed by atoms with van der Waals surface area (Å²) in [6, 6.07) is 6.03. The molecular formula is C17H29NO3. The van der Waals surface area contributed by atoms with Crippen LogP contribution in [0.3, 0.4) is 0 Å². The first-order chi connectivity index (χ1) is 9.75. The quantitative estimate of drug-likeness (QED) is 0.688. The van der Waals surface area contributed by atoms with Gasteiger partial charge in [0.15, 0.2) is 0 Å². The standard InChI is InChI=1S/C17H29NO3/c1-12(2)16-7-6-15(8-13(16)3)21-10-14(20)9-18-17(4,5)11-19/h6-8,12,14,18-20H,9-11H2,1-5H3/t14-/m1/s1. The molecule has 21 heavy (non-hydrogen) atoms. The number of hydrogen-bond acceptors (Lipinski definition) is 4. The van der Waals surface area contributed by atoms with Gasteiger partial charge in [0.05, 0.1) is 6.61 Å². The molecule has 4 nitrogen and oxygen atoms in total. The summed E-state index contributed by atoms with van der Waals surface area (Å²) in [5, 5.41) is 22.2. The molecule has 0 unspecified atom stereocenters. The fourth-order valence-electron chi connectivity index (χ4n) is 2.09. The Morgan fingerprint density at radius 3 is 2.48 bits per heavy atom. The molecule has 1 rings (SSSR count). The molecular weight excluding hydrogens is 266 g/mol. The van der Waals surface area contributed by atoms with Crippen LogP contribution < -0.4 is 10.1 Å². The van der Waals surface area contributed by atoms with Crippen molar-refractivity contribution in [2.45, 2.75) is 52.2 Å². The highest BCUT2D eigenvalue weighted by Crippen LogP contribution is 2.23. The van der Waals surface area contributed by atoms with Crippen LogP contribution >= 0.6 is 0 Å². The van der Waals surface area contributed by atoms with E-state index in [1.54, 1.807) is 0 Å². The third-order valence-corrected chi connectivity index (χ3v) is 3.52. The third kappa shape index (κ3) is 6.04. The van der Waals surface area contributed by atoms with Gasteiger partial charge in [0.1, 0.15) is 18.5 Å². The summed E-state index contributed by atoms with van der Waals surface area (Å²) in [6.07, 6.45) is -0.610. The molecule has 0 spiro atoms. The summed E-state index contributed by atoms with van der Waals surface area (Å²) in [4.78, 5) is 0. The fourth-order valence-corrected chi connectivity index (χ4v) is 2.09. The van der Waals surface area contributed by atoms with Gasteiger partial charge in [-0.05, 0) is 49.9 Å². The highest BCUT2D eigenvalue weighted by atomic mass is 16.5. The van der Waals surface area contributed by atoms with E-state index >= 15 is 0 Å². The van der Waals surface area contributed by atoms with Crippen molar-refractivity contribution in [3.05, 3.63) is 29.3 Å². The Bertz CT molecular complexity index is 444. The van der Waals surface area contributed by atoms with Crippen LogP contribution in [0.4, 0.5) is 0 Å². The van der Waals surface area contributed by atoms with E-state index in [4.69, 9.17) is 9.84 Å². The van der Waals surface area contributed by atoms with Crippen LogP contribution in [0, 0.1) is 6.92 Å². The van der Waals surface area contributed by atoms with Crippen molar-refractivity contribution in [3.63, 3.8) is 0 Å². The van der Waals surface area contributed by atoms with Crippen LogP contribution in [0.1, 0.15) is 44.7 Å². The van der Waals surface area contributed by atoms with Gasteiger partial charge in [-0.15, -0.1) is 0 Å². The van der Waals surface area contributed by atoms with Crippen molar-refractivity contribution in [2.24, 2.45) is 0 Å². The van der Waals surface area contributed by atoms with Crippen LogP contribution in [0.15, 0.2) is 18.2 Å². The summed E-state index contributed by atoms with van der Waals surface area (Å²) < 4.78 is 5.63. The van der Waals surface area contributed by atoms with Crippen molar-refractivity contribution in [3.8, 4) is 5.75 Å². The van der Waals surface area contributed by atoms with E-state index < -0.39 is 11.6 Å². The maximum atomic E-state index is 9.91. The number of benzene rings is 1. The first-order valence-electron chi connectivity index (χ1n) is 7.52. The van der Waals surface area contributed by atoms with E-state index in [1.165, 1.54) is 11.1 Å². The molecule has 0 fully saturated rings. The smallest absolute Gasteiger partial charge is 0.119 e. The summed E-state index contributed by atoms with van der Waals surface area (Å²) in [5.41, 5.74) is 2.13. The SMILES string of the molecule is Cc1cc(OC[C@H](O)CNC(C)(C)CO)ccc1C(C)C. The second-order valence-electron chi connectivity index (χ2n) is 6.56. The van der Waals surface area contributed by atoms with Gasteiger partial charge < -0.3 is 20.3 Å². The van der Waals surface area contributed by atoms with Crippen LogP contribution in [0.5, 0.6) is 5.75 Å². The number of aryl methyl sites for hydroxylation is 1.